The van der Waals surface area contributed by atoms with Crippen LogP contribution in [0.1, 0.15) is 57.4 Å². The van der Waals surface area contributed by atoms with Crippen molar-refractivity contribution in [3.05, 3.63) is 29.8 Å². The number of piperazine rings is 1. The number of benzene rings is 1. The van der Waals surface area contributed by atoms with E-state index in [4.69, 9.17) is 0 Å². The summed E-state index contributed by atoms with van der Waals surface area (Å²) in [6, 6.07) is 7.17. The molecular formula is C21H32N2O3S3. The van der Waals surface area contributed by atoms with E-state index in [1.807, 2.05) is 38.6 Å². The minimum atomic E-state index is -3.49. The van der Waals surface area contributed by atoms with Crippen LogP contribution in [0.15, 0.2) is 29.2 Å². The molecule has 2 aliphatic rings. The molecule has 0 bridgehead atoms. The van der Waals surface area contributed by atoms with Gasteiger partial charge in [-0.3, -0.25) is 4.79 Å². The normalized spacial score (nSPS) is 21.1. The summed E-state index contributed by atoms with van der Waals surface area (Å²) in [7, 11) is 0.457. The molecule has 1 atom stereocenters. The fourth-order valence-corrected chi connectivity index (χ4v) is 8.17. The fraction of sp³-hybridized carbons (Fsp3) is 0.667. The number of amides is 1. The molecule has 0 saturated carbocycles. The lowest BCUT2D eigenvalue weighted by molar-refractivity contribution is -0.132. The first-order valence-corrected chi connectivity index (χ1v) is 14.4. The zero-order chi connectivity index (χ0) is 20.9. The van der Waals surface area contributed by atoms with Crippen LogP contribution in [-0.2, 0) is 14.8 Å². The van der Waals surface area contributed by atoms with E-state index in [0.29, 0.717) is 43.4 Å². The van der Waals surface area contributed by atoms with Gasteiger partial charge in [0.2, 0.25) is 15.9 Å². The third-order valence-corrected chi connectivity index (χ3v) is 10.6. The van der Waals surface area contributed by atoms with Gasteiger partial charge in [-0.05, 0) is 42.9 Å². The van der Waals surface area contributed by atoms with Crippen LogP contribution in [0.2, 0.25) is 0 Å². The number of carbonyl (C=O) groups excluding carboxylic acids is 1. The highest BCUT2D eigenvalue weighted by Gasteiger charge is 2.30. The number of unbranched alkanes of at least 4 members (excludes halogenated alkanes) is 1. The number of carbonyl (C=O) groups is 1. The maximum absolute atomic E-state index is 12.9. The highest BCUT2D eigenvalue weighted by molar-refractivity contribution is 8.77. The van der Waals surface area contributed by atoms with Crippen molar-refractivity contribution in [2.45, 2.75) is 62.0 Å². The van der Waals surface area contributed by atoms with E-state index in [9.17, 15) is 13.2 Å². The molecule has 1 unspecified atom stereocenters. The average Bonchev–Trinajstić information content (AvgIpc) is 3.25. The standard InChI is InChI=1S/C21H32N2O3S3/c1-17(2)18-7-9-20(10-8-18)29(25,26)23-14-12-22(13-15-23)21(24)6-4-3-5-19-11-16-27-28-19/h7-10,17,19H,3-6,11-16H2,1-2H3. The van der Waals surface area contributed by atoms with E-state index < -0.39 is 10.0 Å². The van der Waals surface area contributed by atoms with Crippen molar-refractivity contribution in [2.75, 3.05) is 31.9 Å². The quantitative estimate of drug-likeness (QED) is 0.430. The molecule has 0 N–H and O–H groups in total. The van der Waals surface area contributed by atoms with Gasteiger partial charge in [0.05, 0.1) is 4.90 Å². The monoisotopic (exact) mass is 456 g/mol. The summed E-state index contributed by atoms with van der Waals surface area (Å²) in [5, 5.41) is 0.762. The van der Waals surface area contributed by atoms with Gasteiger partial charge in [0.15, 0.2) is 0 Å². The van der Waals surface area contributed by atoms with Crippen LogP contribution in [0.4, 0.5) is 0 Å². The Morgan fingerprint density at radius 1 is 1.10 bits per heavy atom. The van der Waals surface area contributed by atoms with Crippen LogP contribution in [-0.4, -0.2) is 60.7 Å². The molecule has 0 spiro atoms. The molecule has 0 aromatic heterocycles. The Balaban J connectivity index is 1.44. The molecule has 162 valence electrons. The third-order valence-electron chi connectivity index (χ3n) is 5.67. The molecule has 8 heteroatoms. The predicted molar refractivity (Wildman–Crippen MR) is 123 cm³/mol. The van der Waals surface area contributed by atoms with Gasteiger partial charge >= 0.3 is 0 Å². The second-order valence-corrected chi connectivity index (χ2v) is 12.8. The lowest BCUT2D eigenvalue weighted by Crippen LogP contribution is -2.50. The summed E-state index contributed by atoms with van der Waals surface area (Å²) in [4.78, 5) is 14.6. The highest BCUT2D eigenvalue weighted by Crippen LogP contribution is 2.39. The molecule has 29 heavy (non-hydrogen) atoms. The van der Waals surface area contributed by atoms with Gasteiger partial charge in [-0.15, -0.1) is 0 Å². The van der Waals surface area contributed by atoms with Crippen molar-refractivity contribution >= 4 is 37.5 Å². The SMILES string of the molecule is CC(C)c1ccc(S(=O)(=O)N2CCN(C(=O)CCCCC3CCSS3)CC2)cc1. The number of rotatable bonds is 8. The summed E-state index contributed by atoms with van der Waals surface area (Å²) in [6.45, 7) is 5.89. The largest absolute Gasteiger partial charge is 0.340 e. The van der Waals surface area contributed by atoms with Crippen molar-refractivity contribution in [1.82, 2.24) is 9.21 Å². The lowest BCUT2D eigenvalue weighted by atomic mass is 10.0. The van der Waals surface area contributed by atoms with Gasteiger partial charge in [-0.1, -0.05) is 54.0 Å². The lowest BCUT2D eigenvalue weighted by Gasteiger charge is -2.34. The smallest absolute Gasteiger partial charge is 0.243 e. The molecule has 1 amide bonds. The Morgan fingerprint density at radius 2 is 1.79 bits per heavy atom. The maximum Gasteiger partial charge on any atom is 0.243 e. The van der Waals surface area contributed by atoms with E-state index in [2.05, 4.69) is 13.8 Å². The van der Waals surface area contributed by atoms with Crippen molar-refractivity contribution in [2.24, 2.45) is 0 Å². The molecule has 0 aliphatic carbocycles. The van der Waals surface area contributed by atoms with Gasteiger partial charge in [-0.2, -0.15) is 4.31 Å². The number of sulfonamides is 1. The molecule has 0 radical (unpaired) electrons. The van der Waals surface area contributed by atoms with Crippen molar-refractivity contribution in [1.29, 1.82) is 0 Å². The van der Waals surface area contributed by atoms with Gasteiger partial charge in [0.25, 0.3) is 0 Å². The topological polar surface area (TPSA) is 57.7 Å². The Labute approximate surface area is 183 Å². The molecule has 3 rings (SSSR count). The predicted octanol–water partition coefficient (Wildman–Crippen LogP) is 4.36. The summed E-state index contributed by atoms with van der Waals surface area (Å²) in [5.41, 5.74) is 1.13. The molecule has 1 aromatic carbocycles. The molecule has 2 saturated heterocycles. The van der Waals surface area contributed by atoms with E-state index in [1.54, 1.807) is 12.1 Å². The van der Waals surface area contributed by atoms with E-state index in [-0.39, 0.29) is 5.91 Å². The first-order chi connectivity index (χ1) is 13.9. The number of hydrogen-bond donors (Lipinski definition) is 0. The Bertz CT molecular complexity index is 767. The highest BCUT2D eigenvalue weighted by atomic mass is 33.1. The van der Waals surface area contributed by atoms with Gasteiger partial charge < -0.3 is 4.90 Å². The number of hydrogen-bond acceptors (Lipinski definition) is 5. The molecule has 2 aliphatic heterocycles. The van der Waals surface area contributed by atoms with Crippen LogP contribution >= 0.6 is 21.6 Å². The first-order valence-electron chi connectivity index (χ1n) is 10.5. The molecule has 5 nitrogen and oxygen atoms in total. The third kappa shape index (κ3) is 6.15. The second kappa shape index (κ2) is 10.6. The maximum atomic E-state index is 12.9. The van der Waals surface area contributed by atoms with Gasteiger partial charge in [0, 0.05) is 43.6 Å². The van der Waals surface area contributed by atoms with Crippen LogP contribution in [0.5, 0.6) is 0 Å². The molecule has 1 aromatic rings. The summed E-state index contributed by atoms with van der Waals surface area (Å²) >= 11 is 0. The van der Waals surface area contributed by atoms with Crippen LogP contribution < -0.4 is 0 Å². The molecule has 2 fully saturated rings. The van der Waals surface area contributed by atoms with Gasteiger partial charge in [-0.25, -0.2) is 8.42 Å². The first kappa shape index (κ1) is 23.0. The van der Waals surface area contributed by atoms with Crippen LogP contribution in [0, 0.1) is 0 Å². The molecule has 2 heterocycles. The van der Waals surface area contributed by atoms with Crippen LogP contribution in [0.25, 0.3) is 0 Å². The second-order valence-electron chi connectivity index (χ2n) is 8.08. The van der Waals surface area contributed by atoms with Crippen LogP contribution in [0.3, 0.4) is 0 Å². The summed E-state index contributed by atoms with van der Waals surface area (Å²) in [5.74, 6) is 1.79. The minimum absolute atomic E-state index is 0.164. The summed E-state index contributed by atoms with van der Waals surface area (Å²) in [6.07, 6.45) is 5.10. The van der Waals surface area contributed by atoms with E-state index in [1.165, 1.54) is 22.9 Å². The zero-order valence-electron chi connectivity index (χ0n) is 17.4. The Kier molecular flexibility index (Phi) is 8.36. The average molecular weight is 457 g/mol. The summed E-state index contributed by atoms with van der Waals surface area (Å²) < 4.78 is 27.3. The minimum Gasteiger partial charge on any atom is -0.340 e. The molecular weight excluding hydrogens is 424 g/mol. The Hall–Kier alpha value is -0.700. The Morgan fingerprint density at radius 3 is 2.38 bits per heavy atom. The van der Waals surface area contributed by atoms with Crippen molar-refractivity contribution < 1.29 is 13.2 Å². The van der Waals surface area contributed by atoms with E-state index in [0.717, 1.165) is 23.7 Å². The van der Waals surface area contributed by atoms with Crippen molar-refractivity contribution in [3.8, 4) is 0 Å². The van der Waals surface area contributed by atoms with Crippen molar-refractivity contribution in [3.63, 3.8) is 0 Å². The van der Waals surface area contributed by atoms with E-state index >= 15 is 0 Å². The number of nitrogens with zero attached hydrogens (tertiary/aromatic N) is 2. The zero-order valence-corrected chi connectivity index (χ0v) is 19.8. The fourth-order valence-electron chi connectivity index (χ4n) is 3.72. The van der Waals surface area contributed by atoms with Gasteiger partial charge in [0.1, 0.15) is 0 Å².